The number of aromatic nitrogens is 2. The molecule has 0 atom stereocenters. The second kappa shape index (κ2) is 6.10. The Hall–Kier alpha value is -2.14. The van der Waals surface area contributed by atoms with Crippen molar-refractivity contribution in [1.82, 2.24) is 9.97 Å². The highest BCUT2D eigenvalue weighted by molar-refractivity contribution is 6.30. The summed E-state index contributed by atoms with van der Waals surface area (Å²) in [7, 11) is 1.64. The summed E-state index contributed by atoms with van der Waals surface area (Å²) in [5.74, 6) is -0.279. The van der Waals surface area contributed by atoms with Crippen LogP contribution in [0.3, 0.4) is 0 Å². The van der Waals surface area contributed by atoms with Gasteiger partial charge >= 0.3 is 5.97 Å². The lowest BCUT2D eigenvalue weighted by molar-refractivity contribution is 0.0695. The monoisotopic (exact) mass is 305 g/mol. The minimum absolute atomic E-state index is 0.0303. The largest absolute Gasteiger partial charge is 0.477 e. The van der Waals surface area contributed by atoms with Crippen LogP contribution in [0, 0.1) is 0 Å². The number of carbonyl (C=O) groups is 1. The Kier molecular flexibility index (Phi) is 4.43. The van der Waals surface area contributed by atoms with Gasteiger partial charge in [-0.3, -0.25) is 0 Å². The van der Waals surface area contributed by atoms with E-state index in [1.807, 2.05) is 26.0 Å². The molecule has 21 heavy (non-hydrogen) atoms. The molecule has 1 aromatic heterocycles. The van der Waals surface area contributed by atoms with E-state index in [2.05, 4.69) is 15.3 Å². The zero-order chi connectivity index (χ0) is 15.6. The van der Waals surface area contributed by atoms with E-state index in [-0.39, 0.29) is 11.5 Å². The Bertz CT molecular complexity index is 669. The van der Waals surface area contributed by atoms with Crippen LogP contribution >= 0.6 is 11.6 Å². The first kappa shape index (κ1) is 15.3. The number of carboxylic acids is 1. The van der Waals surface area contributed by atoms with Crippen LogP contribution < -0.4 is 5.32 Å². The lowest BCUT2D eigenvalue weighted by atomic mass is 10.0. The highest BCUT2D eigenvalue weighted by Gasteiger charge is 2.22. The molecular weight excluding hydrogens is 290 g/mol. The molecule has 0 aliphatic carbocycles. The number of benzene rings is 1. The molecule has 0 spiro atoms. The first-order valence-corrected chi connectivity index (χ1v) is 6.90. The van der Waals surface area contributed by atoms with Crippen LogP contribution in [0.2, 0.25) is 5.02 Å². The quantitative estimate of drug-likeness (QED) is 0.901. The van der Waals surface area contributed by atoms with Crippen LogP contribution in [0.4, 0.5) is 5.82 Å². The second-order valence-electron chi connectivity index (χ2n) is 4.87. The van der Waals surface area contributed by atoms with Gasteiger partial charge in [-0.25, -0.2) is 14.8 Å². The Balaban J connectivity index is 2.66. The third kappa shape index (κ3) is 3.13. The highest BCUT2D eigenvalue weighted by Crippen LogP contribution is 2.27. The molecular formula is C15H16ClN3O2. The third-order valence-electron chi connectivity index (χ3n) is 3.04. The minimum atomic E-state index is -1.04. The number of carboxylic acid groups (broad SMARTS) is 1. The molecule has 0 fully saturated rings. The van der Waals surface area contributed by atoms with Crippen molar-refractivity contribution in [2.45, 2.75) is 19.8 Å². The van der Waals surface area contributed by atoms with Gasteiger partial charge in [-0.1, -0.05) is 25.4 Å². The van der Waals surface area contributed by atoms with Gasteiger partial charge in [0, 0.05) is 17.6 Å². The molecule has 0 aliphatic rings. The summed E-state index contributed by atoms with van der Waals surface area (Å²) in [6.07, 6.45) is 0. The number of aromatic carboxylic acids is 1. The molecule has 1 aromatic carbocycles. The van der Waals surface area contributed by atoms with Crippen LogP contribution in [0.25, 0.3) is 11.4 Å². The number of nitrogens with zero attached hydrogens (tertiary/aromatic N) is 2. The van der Waals surface area contributed by atoms with E-state index in [4.69, 9.17) is 11.6 Å². The Morgan fingerprint density at radius 3 is 2.33 bits per heavy atom. The maximum Gasteiger partial charge on any atom is 0.341 e. The van der Waals surface area contributed by atoms with Crippen molar-refractivity contribution >= 4 is 23.4 Å². The van der Waals surface area contributed by atoms with E-state index in [9.17, 15) is 9.90 Å². The fourth-order valence-corrected chi connectivity index (χ4v) is 2.14. The third-order valence-corrected chi connectivity index (χ3v) is 3.29. The van der Waals surface area contributed by atoms with E-state index in [0.29, 0.717) is 22.4 Å². The van der Waals surface area contributed by atoms with Gasteiger partial charge in [-0.05, 0) is 30.2 Å². The van der Waals surface area contributed by atoms with Crippen molar-refractivity contribution in [3.05, 3.63) is 40.5 Å². The van der Waals surface area contributed by atoms with Gasteiger partial charge in [-0.2, -0.15) is 0 Å². The smallest absolute Gasteiger partial charge is 0.341 e. The van der Waals surface area contributed by atoms with E-state index in [1.54, 1.807) is 19.2 Å². The summed E-state index contributed by atoms with van der Waals surface area (Å²) in [5.41, 5.74) is 1.41. The van der Waals surface area contributed by atoms with E-state index in [1.165, 1.54) is 0 Å². The highest BCUT2D eigenvalue weighted by atomic mass is 35.5. The minimum Gasteiger partial charge on any atom is -0.477 e. The predicted octanol–water partition coefficient (Wildman–Crippen LogP) is 3.66. The number of halogens is 1. The zero-order valence-electron chi connectivity index (χ0n) is 12.0. The fourth-order valence-electron chi connectivity index (χ4n) is 2.02. The second-order valence-corrected chi connectivity index (χ2v) is 5.31. The molecule has 0 bridgehead atoms. The number of hydrogen-bond acceptors (Lipinski definition) is 4. The molecule has 5 nitrogen and oxygen atoms in total. The Morgan fingerprint density at radius 1 is 1.24 bits per heavy atom. The van der Waals surface area contributed by atoms with Gasteiger partial charge in [0.1, 0.15) is 11.4 Å². The maximum atomic E-state index is 11.5. The Morgan fingerprint density at radius 2 is 1.86 bits per heavy atom. The number of hydrogen-bond donors (Lipinski definition) is 2. The van der Waals surface area contributed by atoms with Gasteiger partial charge in [0.2, 0.25) is 0 Å². The number of nitrogens with one attached hydrogen (secondary N) is 1. The molecule has 0 radical (unpaired) electrons. The van der Waals surface area contributed by atoms with Crippen molar-refractivity contribution < 1.29 is 9.90 Å². The molecule has 0 saturated carbocycles. The summed E-state index contributed by atoms with van der Waals surface area (Å²) in [4.78, 5) is 20.2. The number of rotatable bonds is 4. The maximum absolute atomic E-state index is 11.5. The van der Waals surface area contributed by atoms with Crippen molar-refractivity contribution in [3.63, 3.8) is 0 Å². The summed E-state index contributed by atoms with van der Waals surface area (Å²) >= 11 is 5.88. The van der Waals surface area contributed by atoms with Gasteiger partial charge in [0.05, 0.1) is 5.69 Å². The molecule has 2 rings (SSSR count). The summed E-state index contributed by atoms with van der Waals surface area (Å²) < 4.78 is 0. The van der Waals surface area contributed by atoms with Gasteiger partial charge in [-0.15, -0.1) is 0 Å². The normalized spacial score (nSPS) is 10.7. The molecule has 110 valence electrons. The standard InChI is InChI=1S/C15H16ClN3O2/c1-8(2)12-11(15(20)21)14(17-3)19-13(18-12)9-4-6-10(16)7-5-9/h4-8H,1-3H3,(H,20,21)(H,17,18,19). The first-order valence-electron chi connectivity index (χ1n) is 6.53. The van der Waals surface area contributed by atoms with Crippen molar-refractivity contribution in [1.29, 1.82) is 0 Å². The lowest BCUT2D eigenvalue weighted by Crippen LogP contribution is -2.13. The average Bonchev–Trinajstić information content (AvgIpc) is 2.46. The van der Waals surface area contributed by atoms with Crippen LogP contribution in [0.1, 0.15) is 35.8 Å². The molecule has 1 heterocycles. The van der Waals surface area contributed by atoms with Crippen LogP contribution in [0.15, 0.2) is 24.3 Å². The van der Waals surface area contributed by atoms with Gasteiger partial charge in [0.15, 0.2) is 5.82 Å². The topological polar surface area (TPSA) is 75.1 Å². The fraction of sp³-hybridized carbons (Fsp3) is 0.267. The molecule has 2 aromatic rings. The van der Waals surface area contributed by atoms with Crippen molar-refractivity contribution in [2.75, 3.05) is 12.4 Å². The van der Waals surface area contributed by atoms with Crippen LogP contribution in [-0.4, -0.2) is 28.1 Å². The van der Waals surface area contributed by atoms with Crippen molar-refractivity contribution in [2.24, 2.45) is 0 Å². The lowest BCUT2D eigenvalue weighted by Gasteiger charge is -2.14. The summed E-state index contributed by atoms with van der Waals surface area (Å²) in [6.45, 7) is 3.81. The molecule has 2 N–H and O–H groups in total. The SMILES string of the molecule is CNc1nc(-c2ccc(Cl)cc2)nc(C(C)C)c1C(=O)O. The number of anilines is 1. The average molecular weight is 306 g/mol. The summed E-state index contributed by atoms with van der Waals surface area (Å²) in [6, 6.07) is 7.11. The molecule has 6 heteroatoms. The first-order chi connectivity index (χ1) is 9.93. The van der Waals surface area contributed by atoms with Crippen LogP contribution in [-0.2, 0) is 0 Å². The molecule has 0 amide bonds. The molecule has 0 unspecified atom stereocenters. The Labute approximate surface area is 128 Å². The van der Waals surface area contributed by atoms with Crippen LogP contribution in [0.5, 0.6) is 0 Å². The predicted molar refractivity (Wildman–Crippen MR) is 83.1 cm³/mol. The molecule has 0 saturated heterocycles. The summed E-state index contributed by atoms with van der Waals surface area (Å²) in [5, 5.41) is 12.8. The van der Waals surface area contributed by atoms with Gasteiger partial charge in [0.25, 0.3) is 0 Å². The zero-order valence-corrected chi connectivity index (χ0v) is 12.8. The van der Waals surface area contributed by atoms with Gasteiger partial charge < -0.3 is 10.4 Å². The van der Waals surface area contributed by atoms with E-state index < -0.39 is 5.97 Å². The van der Waals surface area contributed by atoms with E-state index in [0.717, 1.165) is 5.56 Å². The van der Waals surface area contributed by atoms with E-state index >= 15 is 0 Å². The van der Waals surface area contributed by atoms with Crippen molar-refractivity contribution in [3.8, 4) is 11.4 Å². The molecule has 0 aliphatic heterocycles.